The van der Waals surface area contributed by atoms with Gasteiger partial charge in [-0.05, 0) is 24.6 Å². The smallest absolute Gasteiger partial charge is 0.269 e. The number of aromatic nitrogens is 1. The van der Waals surface area contributed by atoms with Gasteiger partial charge < -0.3 is 4.42 Å². The van der Waals surface area contributed by atoms with Crippen molar-refractivity contribution in [3.8, 4) is 6.07 Å². The highest BCUT2D eigenvalue weighted by molar-refractivity contribution is 5.80. The summed E-state index contributed by atoms with van der Waals surface area (Å²) in [6.45, 7) is 5.38. The zero-order valence-electron chi connectivity index (χ0n) is 11.6. The number of hydrogen-bond acceptors (Lipinski definition) is 7. The van der Waals surface area contributed by atoms with Gasteiger partial charge in [-0.2, -0.15) is 15.3 Å². The van der Waals surface area contributed by atoms with Gasteiger partial charge in [0.2, 0.25) is 11.6 Å². The molecule has 0 radical (unpaired) electrons. The molecule has 0 unspecified atom stereocenters. The van der Waals surface area contributed by atoms with Crippen LogP contribution in [-0.2, 0) is 0 Å². The van der Waals surface area contributed by atoms with Crippen LogP contribution in [0, 0.1) is 21.4 Å². The van der Waals surface area contributed by atoms with E-state index in [4.69, 9.17) is 9.68 Å². The van der Waals surface area contributed by atoms with Gasteiger partial charge in [0.25, 0.3) is 11.6 Å². The third-order valence-corrected chi connectivity index (χ3v) is 2.58. The topological polar surface area (TPSA) is 117 Å². The van der Waals surface area contributed by atoms with E-state index in [2.05, 4.69) is 22.1 Å². The lowest BCUT2D eigenvalue weighted by atomic mass is 10.2. The molecule has 0 saturated carbocycles. The lowest BCUT2D eigenvalue weighted by Gasteiger charge is -1.95. The monoisotopic (exact) mass is 297 g/mol. The summed E-state index contributed by atoms with van der Waals surface area (Å²) in [5.41, 5.74) is 3.87. The summed E-state index contributed by atoms with van der Waals surface area (Å²) in [7, 11) is 0. The molecule has 1 aromatic heterocycles. The number of anilines is 1. The van der Waals surface area contributed by atoms with Gasteiger partial charge in [0.1, 0.15) is 6.07 Å². The number of nitrogens with one attached hydrogen (secondary N) is 1. The highest BCUT2D eigenvalue weighted by atomic mass is 16.6. The lowest BCUT2D eigenvalue weighted by Crippen LogP contribution is -1.92. The van der Waals surface area contributed by atoms with Crippen molar-refractivity contribution < 1.29 is 9.34 Å². The van der Waals surface area contributed by atoms with Crippen LogP contribution in [0.15, 0.2) is 40.4 Å². The summed E-state index contributed by atoms with van der Waals surface area (Å²) in [6, 6.07) is 7.72. The Labute approximate surface area is 125 Å². The van der Waals surface area contributed by atoms with Gasteiger partial charge in [-0.3, -0.25) is 10.1 Å². The van der Waals surface area contributed by atoms with E-state index in [1.165, 1.54) is 18.3 Å². The zero-order chi connectivity index (χ0) is 16.1. The molecule has 0 saturated heterocycles. The number of nitrogens with zero attached hydrogens (tertiary/aromatic N) is 4. The Kier molecular flexibility index (Phi) is 4.29. The van der Waals surface area contributed by atoms with Crippen LogP contribution in [0.3, 0.4) is 0 Å². The first-order chi connectivity index (χ1) is 10.5. The van der Waals surface area contributed by atoms with Crippen LogP contribution in [0.4, 0.5) is 11.6 Å². The summed E-state index contributed by atoms with van der Waals surface area (Å²) in [5.74, 6) is 0.364. The Balaban J connectivity index is 2.11. The van der Waals surface area contributed by atoms with Crippen LogP contribution >= 0.6 is 0 Å². The number of hydrogen-bond donors (Lipinski definition) is 1. The standard InChI is InChI=1S/C14H11N5O3/c1-9(2)13-17-12(7-15)14(22-13)18-16-8-10-3-5-11(6-4-10)19(20)21/h3-6,8,18H,1H2,2H3/b16-8+. The minimum absolute atomic E-state index is 0.00166. The number of nitro groups is 1. The third kappa shape index (κ3) is 3.34. The van der Waals surface area contributed by atoms with Crippen molar-refractivity contribution in [3.63, 3.8) is 0 Å². The van der Waals surface area contributed by atoms with Crippen molar-refractivity contribution in [2.75, 3.05) is 5.43 Å². The Hall–Kier alpha value is -3.47. The number of nitro benzene ring substituents is 1. The Morgan fingerprint density at radius 3 is 2.77 bits per heavy atom. The third-order valence-electron chi connectivity index (χ3n) is 2.58. The van der Waals surface area contributed by atoms with Gasteiger partial charge in [0.05, 0.1) is 11.1 Å². The summed E-state index contributed by atoms with van der Waals surface area (Å²) in [6.07, 6.45) is 1.44. The van der Waals surface area contributed by atoms with Crippen LogP contribution in [0.25, 0.3) is 5.57 Å². The van der Waals surface area contributed by atoms with Crippen LogP contribution in [0.1, 0.15) is 24.1 Å². The second-order valence-corrected chi connectivity index (χ2v) is 4.31. The van der Waals surface area contributed by atoms with Gasteiger partial charge in [-0.15, -0.1) is 0 Å². The molecule has 0 atom stereocenters. The van der Waals surface area contributed by atoms with Crippen LogP contribution < -0.4 is 5.43 Å². The summed E-state index contributed by atoms with van der Waals surface area (Å²) in [4.78, 5) is 14.0. The maximum Gasteiger partial charge on any atom is 0.269 e. The first-order valence-electron chi connectivity index (χ1n) is 6.11. The van der Waals surface area contributed by atoms with Crippen molar-refractivity contribution in [1.82, 2.24) is 4.98 Å². The minimum atomic E-state index is -0.480. The van der Waals surface area contributed by atoms with Crippen molar-refractivity contribution in [2.45, 2.75) is 6.92 Å². The van der Waals surface area contributed by atoms with Crippen molar-refractivity contribution >= 4 is 23.4 Å². The summed E-state index contributed by atoms with van der Waals surface area (Å²) < 4.78 is 5.31. The summed E-state index contributed by atoms with van der Waals surface area (Å²) >= 11 is 0. The molecular weight excluding hydrogens is 286 g/mol. The molecule has 0 amide bonds. The maximum atomic E-state index is 10.5. The quantitative estimate of drug-likeness (QED) is 0.515. The van der Waals surface area contributed by atoms with Gasteiger partial charge in [0.15, 0.2) is 0 Å². The minimum Gasteiger partial charge on any atom is -0.418 e. The number of benzene rings is 1. The van der Waals surface area contributed by atoms with E-state index >= 15 is 0 Å². The molecule has 0 spiro atoms. The zero-order valence-corrected chi connectivity index (χ0v) is 11.6. The number of rotatable bonds is 5. The molecule has 0 aliphatic rings. The van der Waals surface area contributed by atoms with Crippen LogP contribution in [0.5, 0.6) is 0 Å². The van der Waals surface area contributed by atoms with Crippen LogP contribution in [0.2, 0.25) is 0 Å². The molecule has 22 heavy (non-hydrogen) atoms. The first kappa shape index (κ1) is 14.9. The second kappa shape index (κ2) is 6.32. The van der Waals surface area contributed by atoms with Gasteiger partial charge in [0, 0.05) is 17.7 Å². The largest absolute Gasteiger partial charge is 0.418 e. The predicted octanol–water partition coefficient (Wildman–Crippen LogP) is 2.93. The Bertz CT molecular complexity index is 784. The predicted molar refractivity (Wildman–Crippen MR) is 80.2 cm³/mol. The van der Waals surface area contributed by atoms with E-state index in [0.29, 0.717) is 11.1 Å². The lowest BCUT2D eigenvalue weighted by molar-refractivity contribution is -0.384. The number of oxazole rings is 1. The fourth-order valence-electron chi connectivity index (χ4n) is 1.50. The number of allylic oxidation sites excluding steroid dienone is 1. The van der Waals surface area contributed by atoms with E-state index in [1.54, 1.807) is 19.1 Å². The molecule has 8 nitrogen and oxygen atoms in total. The molecule has 0 fully saturated rings. The van der Waals surface area contributed by atoms with Gasteiger partial charge in [-0.25, -0.2) is 5.43 Å². The second-order valence-electron chi connectivity index (χ2n) is 4.31. The molecule has 0 aliphatic heterocycles. The average molecular weight is 297 g/mol. The molecule has 0 bridgehead atoms. The molecule has 110 valence electrons. The van der Waals surface area contributed by atoms with Gasteiger partial charge in [-0.1, -0.05) is 6.58 Å². The maximum absolute atomic E-state index is 10.5. The number of hydrazone groups is 1. The van der Waals surface area contributed by atoms with Crippen molar-refractivity contribution in [1.29, 1.82) is 5.26 Å². The first-order valence-corrected chi connectivity index (χ1v) is 6.11. The van der Waals surface area contributed by atoms with E-state index in [1.807, 2.05) is 6.07 Å². The van der Waals surface area contributed by atoms with E-state index in [0.717, 1.165) is 0 Å². The number of nitriles is 1. The Morgan fingerprint density at radius 1 is 1.55 bits per heavy atom. The highest BCUT2D eigenvalue weighted by Crippen LogP contribution is 2.20. The molecular formula is C14H11N5O3. The van der Waals surface area contributed by atoms with E-state index < -0.39 is 4.92 Å². The van der Waals surface area contributed by atoms with E-state index in [-0.39, 0.29) is 23.2 Å². The summed E-state index contributed by atoms with van der Waals surface area (Å²) in [5, 5.41) is 23.4. The number of non-ortho nitro benzene ring substituents is 1. The van der Waals surface area contributed by atoms with Crippen LogP contribution in [-0.4, -0.2) is 16.1 Å². The highest BCUT2D eigenvalue weighted by Gasteiger charge is 2.12. The SMILES string of the molecule is C=C(C)c1nc(C#N)c(N/N=C/c2ccc([N+](=O)[O-])cc2)o1. The molecule has 1 heterocycles. The molecule has 2 aromatic rings. The Morgan fingerprint density at radius 2 is 2.23 bits per heavy atom. The normalized spacial score (nSPS) is 10.4. The van der Waals surface area contributed by atoms with Crippen molar-refractivity contribution in [3.05, 3.63) is 58.1 Å². The molecule has 2 rings (SSSR count). The molecule has 8 heteroatoms. The molecule has 0 aliphatic carbocycles. The van der Waals surface area contributed by atoms with Crippen molar-refractivity contribution in [2.24, 2.45) is 5.10 Å². The fraction of sp³-hybridized carbons (Fsp3) is 0.0714. The molecule has 1 N–H and O–H groups in total. The average Bonchev–Trinajstić information content (AvgIpc) is 2.91. The van der Waals surface area contributed by atoms with Gasteiger partial charge >= 0.3 is 0 Å². The van der Waals surface area contributed by atoms with E-state index in [9.17, 15) is 10.1 Å². The molecule has 1 aromatic carbocycles. The fourth-order valence-corrected chi connectivity index (χ4v) is 1.50.